The molecule has 1 atom stereocenters. The zero-order chi connectivity index (χ0) is 10.6. The molecule has 0 aromatic heterocycles. The third-order valence-electron chi connectivity index (χ3n) is 1.92. The van der Waals surface area contributed by atoms with E-state index in [2.05, 4.69) is 5.32 Å². The van der Waals surface area contributed by atoms with Gasteiger partial charge in [0.2, 0.25) is 5.91 Å². The van der Waals surface area contributed by atoms with Crippen molar-refractivity contribution >= 4 is 11.6 Å². The average Bonchev–Trinajstić information content (AvgIpc) is 2.14. The highest BCUT2D eigenvalue weighted by molar-refractivity contribution is 5.76. The number of nitrogens with two attached hydrogens (primary N) is 1. The van der Waals surface area contributed by atoms with Crippen molar-refractivity contribution in [1.82, 2.24) is 0 Å². The van der Waals surface area contributed by atoms with Crippen molar-refractivity contribution < 1.29 is 9.18 Å². The number of rotatable bonds is 4. The maximum absolute atomic E-state index is 12.7. The second-order valence-electron chi connectivity index (χ2n) is 3.19. The van der Waals surface area contributed by atoms with Crippen LogP contribution < -0.4 is 11.1 Å². The van der Waals surface area contributed by atoms with Crippen molar-refractivity contribution in [2.75, 3.05) is 11.9 Å². The molecule has 0 saturated carbocycles. The molecule has 3 nitrogen and oxygen atoms in total. The van der Waals surface area contributed by atoms with Gasteiger partial charge >= 0.3 is 0 Å². The molecule has 0 spiro atoms. The van der Waals surface area contributed by atoms with Crippen LogP contribution in [0, 0.1) is 11.7 Å². The zero-order valence-corrected chi connectivity index (χ0v) is 7.96. The Balaban J connectivity index is 2.49. The number of primary amides is 1. The van der Waals surface area contributed by atoms with Crippen molar-refractivity contribution in [3.8, 4) is 0 Å². The van der Waals surface area contributed by atoms with E-state index in [1.807, 2.05) is 0 Å². The van der Waals surface area contributed by atoms with Crippen molar-refractivity contribution in [3.63, 3.8) is 0 Å². The van der Waals surface area contributed by atoms with Crippen LogP contribution in [0.15, 0.2) is 24.3 Å². The summed E-state index contributed by atoms with van der Waals surface area (Å²) >= 11 is 0. The van der Waals surface area contributed by atoms with E-state index in [4.69, 9.17) is 5.73 Å². The lowest BCUT2D eigenvalue weighted by molar-refractivity contribution is -0.120. The van der Waals surface area contributed by atoms with Gasteiger partial charge in [0.05, 0.1) is 5.92 Å². The average molecular weight is 196 g/mol. The molecule has 0 bridgehead atoms. The first-order valence-electron chi connectivity index (χ1n) is 4.38. The molecule has 1 rings (SSSR count). The molecule has 0 aliphatic carbocycles. The molecule has 1 aromatic rings. The number of carbonyl (C=O) groups excluding carboxylic acids is 1. The summed E-state index contributed by atoms with van der Waals surface area (Å²) in [6.07, 6.45) is 0. The smallest absolute Gasteiger partial charge is 0.222 e. The molecule has 0 aliphatic heterocycles. The topological polar surface area (TPSA) is 55.1 Å². The minimum Gasteiger partial charge on any atom is -0.384 e. The summed E-state index contributed by atoms with van der Waals surface area (Å²) in [5.74, 6) is -0.936. The van der Waals surface area contributed by atoms with Crippen LogP contribution in [0.25, 0.3) is 0 Å². The fourth-order valence-electron chi connectivity index (χ4n) is 0.970. The Morgan fingerprint density at radius 1 is 1.64 bits per heavy atom. The van der Waals surface area contributed by atoms with Gasteiger partial charge in [-0.05, 0) is 18.2 Å². The first-order valence-corrected chi connectivity index (χ1v) is 4.38. The molecular formula is C10H13FN2O. The van der Waals surface area contributed by atoms with Crippen LogP contribution in [0.3, 0.4) is 0 Å². The SMILES string of the molecule is CC(CNc1cccc(F)c1)C(N)=O. The molecule has 1 amide bonds. The molecule has 1 unspecified atom stereocenters. The lowest BCUT2D eigenvalue weighted by Crippen LogP contribution is -2.26. The molecule has 0 aliphatic rings. The van der Waals surface area contributed by atoms with E-state index < -0.39 is 0 Å². The lowest BCUT2D eigenvalue weighted by atomic mass is 10.1. The van der Waals surface area contributed by atoms with Crippen molar-refractivity contribution in [1.29, 1.82) is 0 Å². The van der Waals surface area contributed by atoms with E-state index in [0.29, 0.717) is 12.2 Å². The fraction of sp³-hybridized carbons (Fsp3) is 0.300. The number of benzene rings is 1. The Morgan fingerprint density at radius 2 is 2.36 bits per heavy atom. The maximum atomic E-state index is 12.7. The van der Waals surface area contributed by atoms with Gasteiger partial charge in [-0.1, -0.05) is 13.0 Å². The summed E-state index contributed by atoms with van der Waals surface area (Å²) in [5, 5.41) is 2.93. The molecule has 0 fully saturated rings. The normalized spacial score (nSPS) is 12.1. The standard InChI is InChI=1S/C10H13FN2O/c1-7(10(12)14)6-13-9-4-2-3-8(11)5-9/h2-5,7,13H,6H2,1H3,(H2,12,14). The number of anilines is 1. The maximum Gasteiger partial charge on any atom is 0.222 e. The van der Waals surface area contributed by atoms with E-state index in [0.717, 1.165) is 0 Å². The third kappa shape index (κ3) is 3.05. The molecular weight excluding hydrogens is 183 g/mol. The number of nitrogens with one attached hydrogen (secondary N) is 1. The number of hydrogen-bond acceptors (Lipinski definition) is 2. The summed E-state index contributed by atoms with van der Waals surface area (Å²) in [4.78, 5) is 10.7. The number of amides is 1. The Bertz CT molecular complexity index is 328. The minimum absolute atomic E-state index is 0.265. The van der Waals surface area contributed by atoms with E-state index in [-0.39, 0.29) is 17.6 Å². The van der Waals surface area contributed by atoms with Gasteiger partial charge < -0.3 is 11.1 Å². The predicted octanol–water partition coefficient (Wildman–Crippen LogP) is 1.36. The van der Waals surface area contributed by atoms with Crippen LogP contribution in [0.2, 0.25) is 0 Å². The Morgan fingerprint density at radius 3 is 2.93 bits per heavy atom. The number of carbonyl (C=O) groups is 1. The van der Waals surface area contributed by atoms with Gasteiger partial charge in [0.15, 0.2) is 0 Å². The van der Waals surface area contributed by atoms with Gasteiger partial charge in [0.25, 0.3) is 0 Å². The van der Waals surface area contributed by atoms with Gasteiger partial charge in [0.1, 0.15) is 5.82 Å². The largest absolute Gasteiger partial charge is 0.384 e. The predicted molar refractivity (Wildman–Crippen MR) is 53.2 cm³/mol. The van der Waals surface area contributed by atoms with Crippen molar-refractivity contribution in [2.45, 2.75) is 6.92 Å². The first-order chi connectivity index (χ1) is 6.59. The molecule has 0 saturated heterocycles. The number of hydrogen-bond donors (Lipinski definition) is 2. The van der Waals surface area contributed by atoms with Gasteiger partial charge in [-0.2, -0.15) is 0 Å². The Hall–Kier alpha value is -1.58. The summed E-state index contributed by atoms with van der Waals surface area (Å²) in [6.45, 7) is 2.13. The molecule has 76 valence electrons. The van der Waals surface area contributed by atoms with Crippen LogP contribution in [0.5, 0.6) is 0 Å². The van der Waals surface area contributed by atoms with Crippen LogP contribution >= 0.6 is 0 Å². The lowest BCUT2D eigenvalue weighted by Gasteiger charge is -2.09. The van der Waals surface area contributed by atoms with Crippen molar-refractivity contribution in [2.24, 2.45) is 11.7 Å². The molecule has 3 N–H and O–H groups in total. The van der Waals surface area contributed by atoms with Gasteiger partial charge in [0, 0.05) is 12.2 Å². The monoisotopic (exact) mass is 196 g/mol. The van der Waals surface area contributed by atoms with Crippen LogP contribution in [0.1, 0.15) is 6.92 Å². The van der Waals surface area contributed by atoms with Gasteiger partial charge in [-0.15, -0.1) is 0 Å². The Kier molecular flexibility index (Phi) is 3.45. The van der Waals surface area contributed by atoms with Crippen LogP contribution in [-0.4, -0.2) is 12.5 Å². The quantitative estimate of drug-likeness (QED) is 0.763. The molecule has 0 radical (unpaired) electrons. The van der Waals surface area contributed by atoms with Gasteiger partial charge in [-0.3, -0.25) is 4.79 Å². The molecule has 4 heteroatoms. The molecule has 1 aromatic carbocycles. The fourth-order valence-corrected chi connectivity index (χ4v) is 0.970. The van der Waals surface area contributed by atoms with Crippen LogP contribution in [-0.2, 0) is 4.79 Å². The summed E-state index contributed by atoms with van der Waals surface area (Å²) in [5.41, 5.74) is 5.73. The highest BCUT2D eigenvalue weighted by atomic mass is 19.1. The minimum atomic E-state index is -0.367. The second-order valence-corrected chi connectivity index (χ2v) is 3.19. The number of halogens is 1. The third-order valence-corrected chi connectivity index (χ3v) is 1.92. The first kappa shape index (κ1) is 10.5. The summed E-state index contributed by atoms with van der Waals surface area (Å²) in [7, 11) is 0. The molecule has 0 heterocycles. The van der Waals surface area contributed by atoms with Crippen molar-refractivity contribution in [3.05, 3.63) is 30.1 Å². The Labute approximate surface area is 82.1 Å². The van der Waals surface area contributed by atoms with Gasteiger partial charge in [-0.25, -0.2) is 4.39 Å². The summed E-state index contributed by atoms with van der Waals surface area (Å²) in [6, 6.07) is 6.07. The van der Waals surface area contributed by atoms with E-state index in [9.17, 15) is 9.18 Å². The zero-order valence-electron chi connectivity index (χ0n) is 7.96. The van der Waals surface area contributed by atoms with E-state index >= 15 is 0 Å². The summed E-state index contributed by atoms with van der Waals surface area (Å²) < 4.78 is 12.7. The highest BCUT2D eigenvalue weighted by Gasteiger charge is 2.07. The van der Waals surface area contributed by atoms with E-state index in [1.165, 1.54) is 12.1 Å². The van der Waals surface area contributed by atoms with E-state index in [1.54, 1.807) is 19.1 Å². The molecule has 14 heavy (non-hydrogen) atoms. The second kappa shape index (κ2) is 4.60. The van der Waals surface area contributed by atoms with Crippen LogP contribution in [0.4, 0.5) is 10.1 Å². The highest BCUT2D eigenvalue weighted by Crippen LogP contribution is 2.09.